The smallest absolute Gasteiger partial charge is 0.305 e. The van der Waals surface area contributed by atoms with E-state index in [0.717, 1.165) is 0 Å². The zero-order valence-corrected chi connectivity index (χ0v) is 47.3. The molecule has 0 aliphatic heterocycles. The highest BCUT2D eigenvalue weighted by Gasteiger charge is 2.36. The van der Waals surface area contributed by atoms with Gasteiger partial charge in [-0.15, -0.1) is 0 Å². The number of carboxylic acids is 5. The van der Waals surface area contributed by atoms with Crippen LogP contribution in [0.3, 0.4) is 0 Å². The summed E-state index contributed by atoms with van der Waals surface area (Å²) in [6.45, 7) is 0.689. The van der Waals surface area contributed by atoms with Gasteiger partial charge in [0, 0.05) is 18.9 Å². The molecule has 34 nitrogen and oxygen atoms in total. The monoisotopic (exact) mass is 1230 g/mol. The van der Waals surface area contributed by atoms with Crippen molar-refractivity contribution in [1.82, 2.24) is 58.5 Å². The topological polar surface area (TPSA) is 559 Å². The van der Waals surface area contributed by atoms with E-state index in [1.807, 2.05) is 26.6 Å². The third kappa shape index (κ3) is 29.8. The van der Waals surface area contributed by atoms with E-state index >= 15 is 0 Å². The van der Waals surface area contributed by atoms with Crippen molar-refractivity contribution >= 4 is 94.8 Å². The zero-order chi connectivity index (χ0) is 65.3. The molecule has 2 aromatic rings. The summed E-state index contributed by atoms with van der Waals surface area (Å²) in [5.74, 6) is -20.9. The molecule has 0 bridgehead atoms. The van der Waals surface area contributed by atoms with E-state index in [9.17, 15) is 97.1 Å². The van der Waals surface area contributed by atoms with Crippen LogP contribution in [-0.4, -0.2) is 201 Å². The van der Waals surface area contributed by atoms with Crippen molar-refractivity contribution in [3.05, 3.63) is 71.8 Å². The number of amides is 11. The average Bonchev–Trinajstić information content (AvgIpc) is 3.14. The first kappa shape index (κ1) is 73.0. The van der Waals surface area contributed by atoms with Gasteiger partial charge >= 0.3 is 29.8 Å². The number of hydrogen-bond donors (Lipinski definition) is 18. The number of nitrogens with two attached hydrogens (primary N) is 2. The lowest BCUT2D eigenvalue weighted by Gasteiger charge is -2.27. The molecule has 2 rings (SSSR count). The van der Waals surface area contributed by atoms with E-state index in [1.54, 1.807) is 74.5 Å². The molecule has 0 saturated carbocycles. The van der Waals surface area contributed by atoms with Crippen molar-refractivity contribution in [2.75, 3.05) is 26.2 Å². The van der Waals surface area contributed by atoms with Gasteiger partial charge < -0.3 is 95.5 Å². The minimum absolute atomic E-state index is 0.113. The predicted molar refractivity (Wildman–Crippen MR) is 298 cm³/mol. The molecule has 0 aromatic heterocycles. The molecule has 11 amide bonds. The highest BCUT2D eigenvalue weighted by atomic mass is 16.4. The second-order valence-corrected chi connectivity index (χ2v) is 19.7. The molecule has 8 atom stereocenters. The summed E-state index contributed by atoms with van der Waals surface area (Å²) < 4.78 is 0. The van der Waals surface area contributed by atoms with Gasteiger partial charge in [0.05, 0.1) is 57.8 Å². The average molecular weight is 1230 g/mol. The number of hydrogen-bond acceptors (Lipinski definition) is 18. The van der Waals surface area contributed by atoms with Crippen LogP contribution in [0.5, 0.6) is 0 Å². The first-order chi connectivity index (χ1) is 41.0. The molecular formula is C53H73N13O21. The number of primary amides is 1. The summed E-state index contributed by atoms with van der Waals surface area (Å²) in [5, 5.41) is 71.8. The predicted octanol–water partition coefficient (Wildman–Crippen LogP) is -6.43. The summed E-state index contributed by atoms with van der Waals surface area (Å²) >= 11 is 0. The van der Waals surface area contributed by atoms with Gasteiger partial charge in [-0.05, 0) is 36.9 Å². The summed E-state index contributed by atoms with van der Waals surface area (Å²) in [5.41, 5.74) is 12.1. The van der Waals surface area contributed by atoms with Crippen molar-refractivity contribution < 1.29 is 102 Å². The first-order valence-corrected chi connectivity index (χ1v) is 26.8. The van der Waals surface area contributed by atoms with Gasteiger partial charge in [-0.2, -0.15) is 0 Å². The van der Waals surface area contributed by atoms with Crippen LogP contribution in [0, 0.1) is 0 Å². The molecule has 34 heteroatoms. The highest BCUT2D eigenvalue weighted by molar-refractivity contribution is 6.00. The van der Waals surface area contributed by atoms with Crippen LogP contribution in [0.4, 0.5) is 0 Å². The highest BCUT2D eigenvalue weighted by Crippen LogP contribution is 2.11. The van der Waals surface area contributed by atoms with Crippen LogP contribution in [0.1, 0.15) is 76.3 Å². The van der Waals surface area contributed by atoms with E-state index < -0.39 is 201 Å². The quantitative estimate of drug-likeness (QED) is 0.0275. The fourth-order valence-electron chi connectivity index (χ4n) is 7.89. The number of rotatable bonds is 41. The first-order valence-electron chi connectivity index (χ1n) is 26.8. The molecule has 8 unspecified atom stereocenters. The van der Waals surface area contributed by atoms with E-state index in [0.29, 0.717) is 30.5 Å². The SMILES string of the molecule is CC(C)NC(CC(=O)O)C(=O)NC(CC(=O)O)C(=O)NCC(=O)NCC(=O)NCC(=O)NC(CC(=O)O)C(=O)NC(CC(=O)O)C(=O)NC(CC(=O)O)C(=O)NC(Cc1ccccc1)C(=O)NC(Cc1ccccc1)C(=O)NC(CCCCN)C(N)=O. The molecule has 0 fully saturated rings. The maximum Gasteiger partial charge on any atom is 0.305 e. The Morgan fingerprint density at radius 2 is 0.690 bits per heavy atom. The van der Waals surface area contributed by atoms with Crippen molar-refractivity contribution in [2.24, 2.45) is 11.5 Å². The third-order valence-electron chi connectivity index (χ3n) is 12.0. The minimum atomic E-state index is -2.23. The van der Waals surface area contributed by atoms with Crippen molar-refractivity contribution in [1.29, 1.82) is 0 Å². The Morgan fingerprint density at radius 1 is 0.379 bits per heavy atom. The fraction of sp³-hybridized carbons (Fsp3) is 0.472. The van der Waals surface area contributed by atoms with Gasteiger partial charge in [0.15, 0.2) is 0 Å². The Hall–Kier alpha value is -10.1. The molecule has 2 aromatic carbocycles. The Bertz CT molecular complexity index is 2790. The summed E-state index contributed by atoms with van der Waals surface area (Å²) in [7, 11) is 0. The summed E-state index contributed by atoms with van der Waals surface area (Å²) in [4.78, 5) is 204. The van der Waals surface area contributed by atoms with Gasteiger partial charge in [-0.1, -0.05) is 74.5 Å². The number of nitrogens with one attached hydrogen (secondary N) is 11. The van der Waals surface area contributed by atoms with E-state index in [1.165, 1.54) is 0 Å². The largest absolute Gasteiger partial charge is 0.481 e. The van der Waals surface area contributed by atoms with Crippen LogP contribution in [0.25, 0.3) is 0 Å². The number of carbonyl (C=O) groups is 16. The van der Waals surface area contributed by atoms with Crippen molar-refractivity contribution in [2.45, 2.75) is 132 Å². The minimum Gasteiger partial charge on any atom is -0.481 e. The number of unbranched alkanes of at least 4 members (excludes halogenated alkanes) is 1. The van der Waals surface area contributed by atoms with Crippen molar-refractivity contribution in [3.63, 3.8) is 0 Å². The standard InChI is InChI=1S/C53H73N13O21/c1-27(2)59-34(20-42(72)73)50(84)64-33(19-41(70)71)47(81)58-25-39(68)56-24-38(67)57-26-40(69)60-35(21-43(74)75)51(85)65-37(23-45(78)79)53(87)66-36(22-44(76)77)52(86)63-32(18-29-13-7-4-8-14-29)49(83)62-31(17-28-11-5-3-6-12-28)48(82)61-30(46(55)80)15-9-10-16-54/h3-8,11-14,27,30-37,59H,9-10,15-26,54H2,1-2H3,(H2,55,80)(H,56,68)(H,57,67)(H,58,81)(H,60,69)(H,61,82)(H,62,83)(H,63,86)(H,64,84)(H,65,85)(H,66,87)(H,70,71)(H,72,73)(H,74,75)(H,76,77)(H,78,79). The lowest BCUT2D eigenvalue weighted by molar-refractivity contribution is -0.144. The zero-order valence-electron chi connectivity index (χ0n) is 47.3. The van der Waals surface area contributed by atoms with E-state index in [-0.39, 0.29) is 19.3 Å². The molecule has 0 aliphatic carbocycles. The number of benzene rings is 2. The fourth-order valence-corrected chi connectivity index (χ4v) is 7.89. The van der Waals surface area contributed by atoms with Crippen LogP contribution >= 0.6 is 0 Å². The number of carboxylic acid groups (broad SMARTS) is 5. The van der Waals surface area contributed by atoms with Gasteiger partial charge in [0.25, 0.3) is 0 Å². The second-order valence-electron chi connectivity index (χ2n) is 19.7. The van der Waals surface area contributed by atoms with Crippen LogP contribution in [-0.2, 0) is 89.6 Å². The molecule has 476 valence electrons. The molecule has 87 heavy (non-hydrogen) atoms. The molecule has 0 aliphatic rings. The van der Waals surface area contributed by atoms with Gasteiger partial charge in [-0.3, -0.25) is 76.7 Å². The molecular weight excluding hydrogens is 1150 g/mol. The Kier molecular flexibility index (Phi) is 31.8. The lowest BCUT2D eigenvalue weighted by atomic mass is 10.0. The van der Waals surface area contributed by atoms with E-state index in [2.05, 4.69) is 31.9 Å². The van der Waals surface area contributed by atoms with Crippen LogP contribution in [0.15, 0.2) is 60.7 Å². The Morgan fingerprint density at radius 3 is 1.06 bits per heavy atom. The summed E-state index contributed by atoms with van der Waals surface area (Å²) in [6, 6.07) is 1.97. The van der Waals surface area contributed by atoms with E-state index in [4.69, 9.17) is 16.6 Å². The third-order valence-corrected chi connectivity index (χ3v) is 12.0. The van der Waals surface area contributed by atoms with Gasteiger partial charge in [-0.25, -0.2) is 0 Å². The Labute approximate surface area is 496 Å². The molecule has 0 spiro atoms. The molecule has 0 radical (unpaired) electrons. The maximum absolute atomic E-state index is 14.3. The maximum atomic E-state index is 14.3. The van der Waals surface area contributed by atoms with Crippen LogP contribution < -0.4 is 70.0 Å². The summed E-state index contributed by atoms with van der Waals surface area (Å²) in [6.07, 6.45) is -4.90. The number of aliphatic carboxylic acids is 5. The normalized spacial score (nSPS) is 13.5. The lowest BCUT2D eigenvalue weighted by Crippen LogP contribution is -2.60. The molecule has 0 saturated heterocycles. The van der Waals surface area contributed by atoms with Gasteiger partial charge in [0.1, 0.15) is 42.3 Å². The Balaban J connectivity index is 2.24. The van der Waals surface area contributed by atoms with Crippen molar-refractivity contribution in [3.8, 4) is 0 Å². The molecule has 20 N–H and O–H groups in total. The second kappa shape index (κ2) is 38.0. The number of carbonyl (C=O) groups excluding carboxylic acids is 11. The van der Waals surface area contributed by atoms with Crippen LogP contribution in [0.2, 0.25) is 0 Å². The molecule has 0 heterocycles. The van der Waals surface area contributed by atoms with Gasteiger partial charge in [0.2, 0.25) is 65.0 Å².